The van der Waals surface area contributed by atoms with Gasteiger partial charge in [-0.2, -0.15) is 0 Å². The highest BCUT2D eigenvalue weighted by molar-refractivity contribution is 6.46. The molecule has 10 nitrogen and oxygen atoms in total. The fourth-order valence-corrected chi connectivity index (χ4v) is 3.68. The van der Waals surface area contributed by atoms with E-state index >= 15 is 0 Å². The average Bonchev–Trinajstić information content (AvgIpc) is 3.07. The summed E-state index contributed by atoms with van der Waals surface area (Å²) in [5.41, 5.74) is -0.184. The number of aliphatic hydroxyl groups excluding tert-OH is 2. The van der Waals surface area contributed by atoms with E-state index in [2.05, 4.69) is 0 Å². The summed E-state index contributed by atoms with van der Waals surface area (Å²) in [5, 5.41) is 31.6. The summed E-state index contributed by atoms with van der Waals surface area (Å²) in [6.07, 6.45) is 0. The van der Waals surface area contributed by atoms with Crippen LogP contribution < -0.4 is 4.74 Å². The number of rotatable bonds is 10. The first-order chi connectivity index (χ1) is 15.9. The number of carbonyl (C=O) groups excluding carboxylic acids is 2. The fourth-order valence-electron chi connectivity index (χ4n) is 3.68. The van der Waals surface area contributed by atoms with Crippen molar-refractivity contribution in [1.29, 1.82) is 0 Å². The number of aliphatic hydroxyl groups is 2. The van der Waals surface area contributed by atoms with Gasteiger partial charge in [0.15, 0.2) is 0 Å². The number of amides is 1. The first-order valence-electron chi connectivity index (χ1n) is 10.3. The number of hydrogen-bond donors (Lipinski definition) is 2. The zero-order valence-electron chi connectivity index (χ0n) is 18.0. The maximum absolute atomic E-state index is 13.0. The number of ketones is 1. The maximum Gasteiger partial charge on any atom is 0.295 e. The standard InChI is InChI=1S/C23H24N2O8/c1-2-33-16-9-7-15(8-10-16)21(27)19-20(17-5-3-4-6-18(17)25(30)31)24(23(29)22(19)28)11-13-32-14-12-26/h3-10,20,26-27H,2,11-14H2,1H3. The average molecular weight is 456 g/mol. The highest BCUT2D eigenvalue weighted by Crippen LogP contribution is 2.42. The van der Waals surface area contributed by atoms with Gasteiger partial charge in [-0.1, -0.05) is 12.1 Å². The van der Waals surface area contributed by atoms with Gasteiger partial charge in [0.25, 0.3) is 17.4 Å². The minimum atomic E-state index is -1.18. The second kappa shape index (κ2) is 10.7. The summed E-state index contributed by atoms with van der Waals surface area (Å²) in [7, 11) is 0. The van der Waals surface area contributed by atoms with E-state index in [-0.39, 0.29) is 48.8 Å². The van der Waals surface area contributed by atoms with Crippen LogP contribution in [0.15, 0.2) is 54.1 Å². The van der Waals surface area contributed by atoms with Crippen LogP contribution in [0.2, 0.25) is 0 Å². The SMILES string of the molecule is CCOc1ccc(C(O)=C2C(=O)C(=O)N(CCOCCO)C2c2ccccc2[N+](=O)[O-])cc1. The molecule has 10 heteroatoms. The summed E-state index contributed by atoms with van der Waals surface area (Å²) in [5.74, 6) is -1.74. The van der Waals surface area contributed by atoms with Crippen LogP contribution in [0, 0.1) is 10.1 Å². The van der Waals surface area contributed by atoms with Crippen molar-refractivity contribution in [1.82, 2.24) is 4.90 Å². The second-order valence-corrected chi connectivity index (χ2v) is 7.10. The minimum absolute atomic E-state index is 0.00614. The van der Waals surface area contributed by atoms with Gasteiger partial charge in [0.1, 0.15) is 11.5 Å². The Balaban J connectivity index is 2.12. The fraction of sp³-hybridized carbons (Fsp3) is 0.304. The predicted molar refractivity (Wildman–Crippen MR) is 118 cm³/mol. The van der Waals surface area contributed by atoms with Crippen LogP contribution in [-0.4, -0.2) is 64.7 Å². The van der Waals surface area contributed by atoms with Crippen LogP contribution in [0.5, 0.6) is 5.75 Å². The molecular weight excluding hydrogens is 432 g/mol. The molecule has 1 heterocycles. The molecule has 1 atom stereocenters. The molecular formula is C23H24N2O8. The molecule has 3 rings (SSSR count). The Hall–Kier alpha value is -3.76. The Labute approximate surface area is 189 Å². The smallest absolute Gasteiger partial charge is 0.295 e. The molecule has 0 saturated carbocycles. The van der Waals surface area contributed by atoms with E-state index in [0.29, 0.717) is 12.4 Å². The number of hydrogen-bond acceptors (Lipinski definition) is 8. The lowest BCUT2D eigenvalue weighted by molar-refractivity contribution is -0.385. The van der Waals surface area contributed by atoms with E-state index in [1.165, 1.54) is 30.3 Å². The van der Waals surface area contributed by atoms with Crippen LogP contribution in [0.3, 0.4) is 0 Å². The summed E-state index contributed by atoms with van der Waals surface area (Å²) in [6, 6.07) is 10.9. The van der Waals surface area contributed by atoms with Gasteiger partial charge in [0, 0.05) is 18.2 Å². The first-order valence-corrected chi connectivity index (χ1v) is 10.3. The van der Waals surface area contributed by atoms with Crippen LogP contribution in [0.1, 0.15) is 24.1 Å². The molecule has 1 aliphatic heterocycles. The van der Waals surface area contributed by atoms with Gasteiger partial charge >= 0.3 is 0 Å². The summed E-state index contributed by atoms with van der Waals surface area (Å²) >= 11 is 0. The topological polar surface area (TPSA) is 139 Å². The lowest BCUT2D eigenvalue weighted by Gasteiger charge is -2.25. The van der Waals surface area contributed by atoms with Gasteiger partial charge in [-0.3, -0.25) is 19.7 Å². The Bertz CT molecular complexity index is 1060. The molecule has 0 bridgehead atoms. The third-order valence-electron chi connectivity index (χ3n) is 5.12. The normalized spacial score (nSPS) is 17.4. The maximum atomic E-state index is 13.0. The number of ether oxygens (including phenoxy) is 2. The van der Waals surface area contributed by atoms with Crippen molar-refractivity contribution < 1.29 is 34.2 Å². The number of carbonyl (C=O) groups is 2. The van der Waals surface area contributed by atoms with Gasteiger partial charge in [-0.05, 0) is 37.3 Å². The van der Waals surface area contributed by atoms with Crippen LogP contribution in [0.4, 0.5) is 5.69 Å². The Morgan fingerprint density at radius 1 is 1.12 bits per heavy atom. The summed E-state index contributed by atoms with van der Waals surface area (Å²) in [4.78, 5) is 38.0. The summed E-state index contributed by atoms with van der Waals surface area (Å²) in [6.45, 7) is 2.02. The highest BCUT2D eigenvalue weighted by Gasteiger charge is 2.47. The predicted octanol–water partition coefficient (Wildman–Crippen LogP) is 2.42. The molecule has 1 aliphatic rings. The third-order valence-corrected chi connectivity index (χ3v) is 5.12. The van der Waals surface area contributed by atoms with E-state index in [1.807, 2.05) is 6.92 Å². The minimum Gasteiger partial charge on any atom is -0.507 e. The molecule has 0 aliphatic carbocycles. The molecule has 1 fully saturated rings. The number of para-hydroxylation sites is 1. The molecule has 0 aromatic heterocycles. The molecule has 2 N–H and O–H groups in total. The quantitative estimate of drug-likeness (QED) is 0.139. The van der Waals surface area contributed by atoms with Crippen molar-refractivity contribution in [2.24, 2.45) is 0 Å². The van der Waals surface area contributed by atoms with Gasteiger partial charge in [0.2, 0.25) is 0 Å². The highest BCUT2D eigenvalue weighted by atomic mass is 16.6. The van der Waals surface area contributed by atoms with Crippen molar-refractivity contribution >= 4 is 23.1 Å². The van der Waals surface area contributed by atoms with Gasteiger partial charge < -0.3 is 24.6 Å². The lowest BCUT2D eigenvalue weighted by Crippen LogP contribution is -2.33. The van der Waals surface area contributed by atoms with Crippen LogP contribution in [-0.2, 0) is 14.3 Å². The number of Topliss-reactive ketones (excluding diaryl/α,β-unsaturated/α-hetero) is 1. The van der Waals surface area contributed by atoms with Crippen molar-refractivity contribution in [3.05, 3.63) is 75.3 Å². The Morgan fingerprint density at radius 2 is 1.82 bits per heavy atom. The Kier molecular flexibility index (Phi) is 7.75. The number of nitrogens with zero attached hydrogens (tertiary/aromatic N) is 2. The van der Waals surface area contributed by atoms with Crippen LogP contribution >= 0.6 is 0 Å². The Morgan fingerprint density at radius 3 is 2.45 bits per heavy atom. The second-order valence-electron chi connectivity index (χ2n) is 7.10. The van der Waals surface area contributed by atoms with Crippen molar-refractivity contribution in [2.45, 2.75) is 13.0 Å². The number of nitro groups is 1. The molecule has 0 spiro atoms. The van der Waals surface area contributed by atoms with E-state index < -0.39 is 28.4 Å². The monoisotopic (exact) mass is 456 g/mol. The molecule has 1 amide bonds. The molecule has 33 heavy (non-hydrogen) atoms. The molecule has 174 valence electrons. The lowest BCUT2D eigenvalue weighted by atomic mass is 9.94. The zero-order chi connectivity index (χ0) is 24.0. The number of benzene rings is 2. The van der Waals surface area contributed by atoms with E-state index in [9.17, 15) is 24.8 Å². The van der Waals surface area contributed by atoms with Gasteiger partial charge in [0.05, 0.1) is 48.5 Å². The van der Waals surface area contributed by atoms with E-state index in [0.717, 1.165) is 4.90 Å². The van der Waals surface area contributed by atoms with Crippen molar-refractivity contribution in [2.75, 3.05) is 33.0 Å². The first kappa shape index (κ1) is 23.9. The van der Waals surface area contributed by atoms with Gasteiger partial charge in [-0.25, -0.2) is 0 Å². The van der Waals surface area contributed by atoms with E-state index in [4.69, 9.17) is 14.6 Å². The zero-order valence-corrected chi connectivity index (χ0v) is 18.0. The molecule has 2 aromatic carbocycles. The number of nitro benzene ring substituents is 1. The van der Waals surface area contributed by atoms with Crippen LogP contribution in [0.25, 0.3) is 5.76 Å². The van der Waals surface area contributed by atoms with Gasteiger partial charge in [-0.15, -0.1) is 0 Å². The van der Waals surface area contributed by atoms with Crippen molar-refractivity contribution in [3.8, 4) is 5.75 Å². The molecule has 0 radical (unpaired) electrons. The third kappa shape index (κ3) is 5.02. The summed E-state index contributed by atoms with van der Waals surface area (Å²) < 4.78 is 10.6. The number of likely N-dealkylation sites (tertiary alicyclic amines) is 1. The van der Waals surface area contributed by atoms with E-state index in [1.54, 1.807) is 18.2 Å². The molecule has 1 unspecified atom stereocenters. The molecule has 2 aromatic rings. The van der Waals surface area contributed by atoms with Crippen molar-refractivity contribution in [3.63, 3.8) is 0 Å². The molecule has 1 saturated heterocycles. The largest absolute Gasteiger partial charge is 0.507 e.